The van der Waals surface area contributed by atoms with Crippen molar-refractivity contribution in [1.82, 2.24) is 9.97 Å². The summed E-state index contributed by atoms with van der Waals surface area (Å²) in [5, 5.41) is 6.48. The number of carbonyl (C=O) groups is 1. The van der Waals surface area contributed by atoms with Gasteiger partial charge in [0.05, 0.1) is 15.7 Å². The zero-order valence-electron chi connectivity index (χ0n) is 12.9. The van der Waals surface area contributed by atoms with Crippen molar-refractivity contribution in [3.8, 4) is 0 Å². The van der Waals surface area contributed by atoms with E-state index in [2.05, 4.69) is 34.4 Å². The molecule has 5 nitrogen and oxygen atoms in total. The third kappa shape index (κ3) is 5.08. The van der Waals surface area contributed by atoms with Crippen molar-refractivity contribution in [1.29, 1.82) is 0 Å². The highest BCUT2D eigenvalue weighted by atomic mass is 35.5. The predicted molar refractivity (Wildman–Crippen MR) is 94.4 cm³/mol. The van der Waals surface area contributed by atoms with Gasteiger partial charge in [0.15, 0.2) is 0 Å². The number of hydrogen-bond acceptors (Lipinski definition) is 4. The molecule has 0 radical (unpaired) electrons. The zero-order valence-corrected chi connectivity index (χ0v) is 14.4. The molecule has 1 aromatic carbocycles. The molecule has 0 aliphatic carbocycles. The molecule has 122 valence electrons. The highest BCUT2D eigenvalue weighted by Gasteiger charge is 2.12. The Labute approximate surface area is 145 Å². The summed E-state index contributed by atoms with van der Waals surface area (Å²) in [6.45, 7) is 5.03. The predicted octanol–water partition coefficient (Wildman–Crippen LogP) is 4.49. The Kier molecular flexibility index (Phi) is 6.19. The van der Waals surface area contributed by atoms with Crippen LogP contribution < -0.4 is 10.6 Å². The summed E-state index contributed by atoms with van der Waals surface area (Å²) in [6, 6.07) is 6.58. The largest absolute Gasteiger partial charge is 0.354 e. The molecule has 2 aromatic rings. The monoisotopic (exact) mass is 352 g/mol. The van der Waals surface area contributed by atoms with E-state index in [0.717, 1.165) is 13.0 Å². The standard InChI is InChI=1S/C16H18Cl2N4O/c1-10(2)6-8-19-16-20-9-7-13(22-16)15(23)21-12-5-3-4-11(17)14(12)18/h3-5,7,9-10H,6,8H2,1-2H3,(H,21,23)(H,19,20,22). The minimum Gasteiger partial charge on any atom is -0.354 e. The van der Waals surface area contributed by atoms with Gasteiger partial charge < -0.3 is 10.6 Å². The van der Waals surface area contributed by atoms with Crippen LogP contribution in [0.5, 0.6) is 0 Å². The van der Waals surface area contributed by atoms with E-state index in [9.17, 15) is 4.79 Å². The van der Waals surface area contributed by atoms with E-state index in [1.54, 1.807) is 30.5 Å². The van der Waals surface area contributed by atoms with E-state index in [-0.39, 0.29) is 11.6 Å². The minimum absolute atomic E-state index is 0.253. The van der Waals surface area contributed by atoms with Crippen LogP contribution in [0.15, 0.2) is 30.5 Å². The molecule has 0 saturated heterocycles. The smallest absolute Gasteiger partial charge is 0.274 e. The van der Waals surface area contributed by atoms with Crippen molar-refractivity contribution < 1.29 is 4.79 Å². The fourth-order valence-corrected chi connectivity index (χ4v) is 2.18. The van der Waals surface area contributed by atoms with Crippen LogP contribution in [0.2, 0.25) is 10.0 Å². The van der Waals surface area contributed by atoms with Gasteiger partial charge in [0.2, 0.25) is 5.95 Å². The number of carbonyl (C=O) groups excluding carboxylic acids is 1. The Morgan fingerprint density at radius 3 is 2.78 bits per heavy atom. The second kappa shape index (κ2) is 8.13. The first kappa shape index (κ1) is 17.5. The molecule has 0 bridgehead atoms. The van der Waals surface area contributed by atoms with Gasteiger partial charge in [-0.15, -0.1) is 0 Å². The number of anilines is 2. The Bertz CT molecular complexity index is 692. The van der Waals surface area contributed by atoms with Gasteiger partial charge in [-0.05, 0) is 30.5 Å². The van der Waals surface area contributed by atoms with Gasteiger partial charge in [-0.25, -0.2) is 9.97 Å². The second-order valence-electron chi connectivity index (χ2n) is 5.43. The molecule has 1 aromatic heterocycles. The van der Waals surface area contributed by atoms with Crippen LogP contribution in [-0.2, 0) is 0 Å². The molecule has 1 amide bonds. The Hall–Kier alpha value is -1.85. The van der Waals surface area contributed by atoms with Gasteiger partial charge in [0, 0.05) is 12.7 Å². The summed E-state index contributed by atoms with van der Waals surface area (Å²) in [5.41, 5.74) is 0.695. The number of aromatic nitrogens is 2. The fourth-order valence-electron chi connectivity index (χ4n) is 1.83. The molecular weight excluding hydrogens is 335 g/mol. The van der Waals surface area contributed by atoms with Crippen LogP contribution >= 0.6 is 23.2 Å². The molecule has 23 heavy (non-hydrogen) atoms. The summed E-state index contributed by atoms with van der Waals surface area (Å²) in [4.78, 5) is 20.6. The number of benzene rings is 1. The third-order valence-electron chi connectivity index (χ3n) is 3.09. The van der Waals surface area contributed by atoms with Gasteiger partial charge in [0.1, 0.15) is 5.69 Å². The zero-order chi connectivity index (χ0) is 16.8. The molecule has 0 spiro atoms. The molecule has 0 atom stereocenters. The lowest BCUT2D eigenvalue weighted by molar-refractivity contribution is 0.102. The minimum atomic E-state index is -0.372. The van der Waals surface area contributed by atoms with Gasteiger partial charge in [-0.1, -0.05) is 43.1 Å². The summed E-state index contributed by atoms with van der Waals surface area (Å²) in [5.74, 6) is 0.637. The van der Waals surface area contributed by atoms with Gasteiger partial charge in [-0.2, -0.15) is 0 Å². The Morgan fingerprint density at radius 1 is 1.26 bits per heavy atom. The normalized spacial score (nSPS) is 10.7. The van der Waals surface area contributed by atoms with Crippen LogP contribution in [0.4, 0.5) is 11.6 Å². The van der Waals surface area contributed by atoms with E-state index < -0.39 is 0 Å². The van der Waals surface area contributed by atoms with Crippen molar-refractivity contribution in [2.24, 2.45) is 5.92 Å². The van der Waals surface area contributed by atoms with E-state index in [1.807, 2.05) is 0 Å². The molecule has 0 aliphatic rings. The highest BCUT2D eigenvalue weighted by Crippen LogP contribution is 2.29. The maximum Gasteiger partial charge on any atom is 0.274 e. The van der Waals surface area contributed by atoms with Crippen LogP contribution in [0.1, 0.15) is 30.8 Å². The molecule has 2 N–H and O–H groups in total. The molecule has 7 heteroatoms. The SMILES string of the molecule is CC(C)CCNc1nccc(C(=O)Nc2cccc(Cl)c2Cl)n1. The van der Waals surface area contributed by atoms with Crippen LogP contribution in [0.25, 0.3) is 0 Å². The van der Waals surface area contributed by atoms with E-state index in [0.29, 0.717) is 27.6 Å². The summed E-state index contributed by atoms with van der Waals surface area (Å²) in [6.07, 6.45) is 2.54. The highest BCUT2D eigenvalue weighted by molar-refractivity contribution is 6.44. The second-order valence-corrected chi connectivity index (χ2v) is 6.22. The number of nitrogens with one attached hydrogen (secondary N) is 2. The van der Waals surface area contributed by atoms with Gasteiger partial charge >= 0.3 is 0 Å². The van der Waals surface area contributed by atoms with E-state index in [4.69, 9.17) is 23.2 Å². The Morgan fingerprint density at radius 2 is 2.04 bits per heavy atom. The maximum absolute atomic E-state index is 12.3. The van der Waals surface area contributed by atoms with Crippen molar-refractivity contribution in [3.63, 3.8) is 0 Å². The molecule has 0 aliphatic heterocycles. The number of halogens is 2. The first-order valence-electron chi connectivity index (χ1n) is 7.29. The molecule has 1 heterocycles. The number of hydrogen-bond donors (Lipinski definition) is 2. The number of rotatable bonds is 6. The van der Waals surface area contributed by atoms with Gasteiger partial charge in [-0.3, -0.25) is 4.79 Å². The molecule has 0 fully saturated rings. The molecule has 2 rings (SSSR count). The average molecular weight is 353 g/mol. The third-order valence-corrected chi connectivity index (χ3v) is 3.91. The summed E-state index contributed by atoms with van der Waals surface area (Å²) >= 11 is 12.0. The van der Waals surface area contributed by atoms with Crippen LogP contribution in [0.3, 0.4) is 0 Å². The van der Waals surface area contributed by atoms with E-state index >= 15 is 0 Å². The summed E-state index contributed by atoms with van der Waals surface area (Å²) in [7, 11) is 0. The quantitative estimate of drug-likeness (QED) is 0.803. The first-order valence-corrected chi connectivity index (χ1v) is 8.05. The number of nitrogens with zero attached hydrogens (tertiary/aromatic N) is 2. The van der Waals surface area contributed by atoms with Crippen molar-refractivity contribution in [2.45, 2.75) is 20.3 Å². The summed E-state index contributed by atoms with van der Waals surface area (Å²) < 4.78 is 0. The molecular formula is C16H18Cl2N4O. The Balaban J connectivity index is 2.06. The van der Waals surface area contributed by atoms with Crippen molar-refractivity contribution >= 4 is 40.7 Å². The molecule has 0 unspecified atom stereocenters. The van der Waals surface area contributed by atoms with Gasteiger partial charge in [0.25, 0.3) is 5.91 Å². The van der Waals surface area contributed by atoms with E-state index in [1.165, 1.54) is 0 Å². The van der Waals surface area contributed by atoms with Crippen molar-refractivity contribution in [2.75, 3.05) is 17.2 Å². The lowest BCUT2D eigenvalue weighted by Gasteiger charge is -2.09. The lowest BCUT2D eigenvalue weighted by atomic mass is 10.1. The maximum atomic E-state index is 12.3. The first-order chi connectivity index (χ1) is 11.0. The lowest BCUT2D eigenvalue weighted by Crippen LogP contribution is -2.16. The molecule has 0 saturated carbocycles. The number of amides is 1. The average Bonchev–Trinajstić information content (AvgIpc) is 2.52. The van der Waals surface area contributed by atoms with Crippen LogP contribution in [0, 0.1) is 5.92 Å². The topological polar surface area (TPSA) is 66.9 Å². The van der Waals surface area contributed by atoms with Crippen LogP contribution in [-0.4, -0.2) is 22.4 Å². The van der Waals surface area contributed by atoms with Crippen molar-refractivity contribution in [3.05, 3.63) is 46.2 Å². The fraction of sp³-hybridized carbons (Fsp3) is 0.312.